The van der Waals surface area contributed by atoms with Gasteiger partial charge in [-0.25, -0.2) is 4.79 Å². The maximum atomic E-state index is 13.1. The van der Waals surface area contributed by atoms with Gasteiger partial charge in [0.2, 0.25) is 0 Å². The van der Waals surface area contributed by atoms with Crippen molar-refractivity contribution < 1.29 is 27.8 Å². The van der Waals surface area contributed by atoms with E-state index in [0.717, 1.165) is 12.8 Å². The number of hydrogen-bond donors (Lipinski definition) is 0. The lowest BCUT2D eigenvalue weighted by molar-refractivity contribution is -0.286. The predicted octanol–water partition coefficient (Wildman–Crippen LogP) is 2.67. The van der Waals surface area contributed by atoms with E-state index in [1.165, 1.54) is 19.2 Å². The number of carbonyl (C=O) groups excluding carboxylic acids is 1. The van der Waals surface area contributed by atoms with Crippen molar-refractivity contribution in [2.45, 2.75) is 25.1 Å². The lowest BCUT2D eigenvalue weighted by Crippen LogP contribution is -2.26. The van der Waals surface area contributed by atoms with Crippen LogP contribution in [0.3, 0.4) is 0 Å². The van der Waals surface area contributed by atoms with Gasteiger partial charge in [0.25, 0.3) is 0 Å². The molecule has 1 aliphatic carbocycles. The number of carbonyl (C=O) groups is 1. The van der Waals surface area contributed by atoms with Gasteiger partial charge in [-0.2, -0.15) is 0 Å². The Morgan fingerprint density at radius 3 is 2.72 bits per heavy atom. The van der Waals surface area contributed by atoms with Crippen LogP contribution in [0, 0.1) is 0 Å². The Kier molecular flexibility index (Phi) is 2.23. The number of fused-ring (bicyclic) bond motifs is 1. The van der Waals surface area contributed by atoms with E-state index in [4.69, 9.17) is 0 Å². The van der Waals surface area contributed by atoms with Crippen LogP contribution in [0.1, 0.15) is 34.7 Å². The largest absolute Gasteiger partial charge is 0.586 e. The van der Waals surface area contributed by atoms with Gasteiger partial charge in [0.05, 0.1) is 12.7 Å². The first-order valence-electron chi connectivity index (χ1n) is 5.53. The van der Waals surface area contributed by atoms with E-state index in [0.29, 0.717) is 5.56 Å². The Morgan fingerprint density at radius 1 is 1.39 bits per heavy atom. The highest BCUT2D eigenvalue weighted by Gasteiger charge is 2.47. The second-order valence-electron chi connectivity index (χ2n) is 4.29. The molecule has 96 valence electrons. The lowest BCUT2D eigenvalue weighted by atomic mass is 10.0. The summed E-state index contributed by atoms with van der Waals surface area (Å²) in [7, 11) is 1.25. The molecule has 0 spiro atoms. The highest BCUT2D eigenvalue weighted by Crippen LogP contribution is 2.53. The van der Waals surface area contributed by atoms with Crippen LogP contribution in [0.5, 0.6) is 11.5 Å². The van der Waals surface area contributed by atoms with Crippen molar-refractivity contribution in [1.29, 1.82) is 0 Å². The lowest BCUT2D eigenvalue weighted by Gasteiger charge is -2.10. The normalized spacial score (nSPS) is 19.7. The molecule has 0 N–H and O–H groups in total. The standard InChI is InChI=1S/C12H10F2O4/c1-16-11(15)7-4-5-8-10(9(7)6-2-3-6)18-12(13,14)17-8/h4-6H,2-3H2,1H3. The van der Waals surface area contributed by atoms with Crippen LogP contribution in [-0.4, -0.2) is 19.4 Å². The molecule has 1 fully saturated rings. The summed E-state index contributed by atoms with van der Waals surface area (Å²) in [5.41, 5.74) is 0.733. The molecular formula is C12H10F2O4. The number of methoxy groups -OCH3 is 1. The molecule has 0 bridgehead atoms. The van der Waals surface area contributed by atoms with Crippen molar-refractivity contribution >= 4 is 5.97 Å². The minimum atomic E-state index is -3.67. The number of benzene rings is 1. The summed E-state index contributed by atoms with van der Waals surface area (Å²) >= 11 is 0. The molecule has 0 saturated heterocycles. The molecule has 1 saturated carbocycles. The summed E-state index contributed by atoms with van der Waals surface area (Å²) in [6, 6.07) is 2.73. The molecule has 0 radical (unpaired) electrons. The Balaban J connectivity index is 2.12. The van der Waals surface area contributed by atoms with E-state index in [9.17, 15) is 13.6 Å². The fourth-order valence-corrected chi connectivity index (χ4v) is 2.10. The van der Waals surface area contributed by atoms with Gasteiger partial charge in [0.15, 0.2) is 11.5 Å². The molecule has 1 aromatic carbocycles. The summed E-state index contributed by atoms with van der Waals surface area (Å²) in [6.07, 6.45) is -1.98. The fourth-order valence-electron chi connectivity index (χ4n) is 2.10. The van der Waals surface area contributed by atoms with Gasteiger partial charge >= 0.3 is 12.3 Å². The Bertz CT molecular complexity index is 523. The minimum absolute atomic E-state index is 0.0328. The first-order valence-corrected chi connectivity index (χ1v) is 5.53. The van der Waals surface area contributed by atoms with Crippen LogP contribution in [-0.2, 0) is 4.74 Å². The minimum Gasteiger partial charge on any atom is -0.465 e. The highest BCUT2D eigenvalue weighted by molar-refractivity contribution is 5.93. The summed E-state index contributed by atoms with van der Waals surface area (Å²) < 4.78 is 39.6. The van der Waals surface area contributed by atoms with Gasteiger partial charge < -0.3 is 14.2 Å². The molecule has 1 heterocycles. The summed E-state index contributed by atoms with van der Waals surface area (Å²) in [5, 5.41) is 0. The summed E-state index contributed by atoms with van der Waals surface area (Å²) in [4.78, 5) is 11.6. The summed E-state index contributed by atoms with van der Waals surface area (Å²) in [5.74, 6) is -0.565. The molecule has 2 aliphatic rings. The quantitative estimate of drug-likeness (QED) is 0.763. The van der Waals surface area contributed by atoms with Crippen molar-refractivity contribution in [2.24, 2.45) is 0 Å². The van der Waals surface area contributed by atoms with Crippen LogP contribution in [0.25, 0.3) is 0 Å². The molecule has 1 aromatic rings. The van der Waals surface area contributed by atoms with E-state index >= 15 is 0 Å². The number of esters is 1. The number of hydrogen-bond acceptors (Lipinski definition) is 4. The van der Waals surface area contributed by atoms with Gasteiger partial charge in [0, 0.05) is 5.56 Å². The number of rotatable bonds is 2. The van der Waals surface area contributed by atoms with Crippen LogP contribution in [0.15, 0.2) is 12.1 Å². The SMILES string of the molecule is COC(=O)c1ccc2c(c1C1CC1)OC(F)(F)O2. The Hall–Kier alpha value is -1.85. The van der Waals surface area contributed by atoms with Crippen molar-refractivity contribution in [2.75, 3.05) is 7.11 Å². The fraction of sp³-hybridized carbons (Fsp3) is 0.417. The van der Waals surface area contributed by atoms with E-state index in [1.807, 2.05) is 0 Å². The van der Waals surface area contributed by atoms with Gasteiger partial charge in [-0.3, -0.25) is 0 Å². The Labute approximate surface area is 101 Å². The zero-order valence-corrected chi connectivity index (χ0v) is 9.54. The molecule has 0 amide bonds. The second kappa shape index (κ2) is 3.57. The second-order valence-corrected chi connectivity index (χ2v) is 4.29. The molecule has 3 rings (SSSR count). The number of ether oxygens (including phenoxy) is 3. The van der Waals surface area contributed by atoms with Crippen LogP contribution >= 0.6 is 0 Å². The topological polar surface area (TPSA) is 44.8 Å². The van der Waals surface area contributed by atoms with Crippen molar-refractivity contribution in [3.8, 4) is 11.5 Å². The molecule has 0 unspecified atom stereocenters. The van der Waals surface area contributed by atoms with Gasteiger partial charge in [-0.15, -0.1) is 8.78 Å². The summed E-state index contributed by atoms with van der Waals surface area (Å²) in [6.45, 7) is 0. The molecule has 1 aliphatic heterocycles. The van der Waals surface area contributed by atoms with Gasteiger partial charge in [0.1, 0.15) is 0 Å². The zero-order valence-electron chi connectivity index (χ0n) is 9.54. The molecule has 4 nitrogen and oxygen atoms in total. The van der Waals surface area contributed by atoms with Gasteiger partial charge in [-0.05, 0) is 30.9 Å². The van der Waals surface area contributed by atoms with E-state index in [2.05, 4.69) is 14.2 Å². The first-order chi connectivity index (χ1) is 8.52. The van der Waals surface area contributed by atoms with E-state index < -0.39 is 12.3 Å². The molecular weight excluding hydrogens is 246 g/mol. The molecule has 6 heteroatoms. The van der Waals surface area contributed by atoms with Crippen LogP contribution in [0.4, 0.5) is 8.78 Å². The van der Waals surface area contributed by atoms with E-state index in [1.54, 1.807) is 0 Å². The Morgan fingerprint density at radius 2 is 2.11 bits per heavy atom. The number of alkyl halides is 2. The maximum Gasteiger partial charge on any atom is 0.586 e. The smallest absolute Gasteiger partial charge is 0.465 e. The first kappa shape index (κ1) is 11.3. The average molecular weight is 256 g/mol. The average Bonchev–Trinajstić information content (AvgIpc) is 3.08. The molecule has 0 atom stereocenters. The third-order valence-electron chi connectivity index (χ3n) is 3.00. The highest BCUT2D eigenvalue weighted by atomic mass is 19.3. The van der Waals surface area contributed by atoms with Crippen LogP contribution < -0.4 is 9.47 Å². The zero-order chi connectivity index (χ0) is 12.9. The van der Waals surface area contributed by atoms with Crippen molar-refractivity contribution in [3.05, 3.63) is 23.3 Å². The van der Waals surface area contributed by atoms with E-state index in [-0.39, 0.29) is 23.0 Å². The molecule has 0 aromatic heterocycles. The van der Waals surface area contributed by atoms with Crippen molar-refractivity contribution in [3.63, 3.8) is 0 Å². The monoisotopic (exact) mass is 256 g/mol. The van der Waals surface area contributed by atoms with Crippen LogP contribution in [0.2, 0.25) is 0 Å². The van der Waals surface area contributed by atoms with Gasteiger partial charge in [-0.1, -0.05) is 0 Å². The third kappa shape index (κ3) is 1.68. The molecule has 18 heavy (non-hydrogen) atoms. The number of halogens is 2. The van der Waals surface area contributed by atoms with Crippen molar-refractivity contribution in [1.82, 2.24) is 0 Å². The third-order valence-corrected chi connectivity index (χ3v) is 3.00. The predicted molar refractivity (Wildman–Crippen MR) is 56.0 cm³/mol. The maximum absolute atomic E-state index is 13.1.